The molecule has 0 atom stereocenters. The Morgan fingerprint density at radius 1 is 0.559 bits per heavy atom. The number of hydrogen-bond donors (Lipinski definition) is 4. The van der Waals surface area contributed by atoms with Crippen molar-refractivity contribution in [1.82, 2.24) is 0 Å². The van der Waals surface area contributed by atoms with Gasteiger partial charge in [-0.15, -0.1) is 0 Å². The van der Waals surface area contributed by atoms with E-state index in [0.717, 1.165) is 12.2 Å². The van der Waals surface area contributed by atoms with Gasteiger partial charge in [0.1, 0.15) is 0 Å². The molecule has 0 rings (SSSR count). The normalized spacial score (nSPS) is 10.3. The molecule has 0 aromatic heterocycles. The van der Waals surface area contributed by atoms with Crippen molar-refractivity contribution in [2.75, 3.05) is 26.4 Å². The summed E-state index contributed by atoms with van der Waals surface area (Å²) in [5.41, 5.74) is 0. The van der Waals surface area contributed by atoms with E-state index in [2.05, 4.69) is 0 Å². The van der Waals surface area contributed by atoms with Gasteiger partial charge < -0.3 is 29.9 Å². The lowest BCUT2D eigenvalue weighted by Gasteiger charge is -2.05. The number of rotatable bonds is 10. The van der Waals surface area contributed by atoms with Crippen molar-refractivity contribution in [3.05, 3.63) is 24.3 Å². The third kappa shape index (κ3) is 51.7. The highest BCUT2D eigenvalue weighted by molar-refractivity contribution is 5.91. The molecule has 10 nitrogen and oxygen atoms in total. The van der Waals surface area contributed by atoms with Crippen molar-refractivity contribution in [3.63, 3.8) is 0 Å². The van der Waals surface area contributed by atoms with E-state index in [1.165, 1.54) is 0 Å². The smallest absolute Gasteiger partial charge is 0.331 e. The first kappa shape index (κ1) is 38.5. The molecule has 0 aromatic rings. The first-order valence-corrected chi connectivity index (χ1v) is 11.0. The van der Waals surface area contributed by atoms with Gasteiger partial charge in [0.05, 0.1) is 13.2 Å². The van der Waals surface area contributed by atoms with Gasteiger partial charge in [-0.25, -0.2) is 19.2 Å². The lowest BCUT2D eigenvalue weighted by Crippen LogP contribution is -2.10. The maximum atomic E-state index is 11.1. The van der Waals surface area contributed by atoms with Gasteiger partial charge in [0.25, 0.3) is 0 Å². The second kappa shape index (κ2) is 26.5. The number of carboxylic acids is 2. The summed E-state index contributed by atoms with van der Waals surface area (Å²) in [6.45, 7) is 17.0. The summed E-state index contributed by atoms with van der Waals surface area (Å²) >= 11 is 0. The maximum absolute atomic E-state index is 11.1. The predicted molar refractivity (Wildman–Crippen MR) is 129 cm³/mol. The minimum atomic E-state index is -1.26. The van der Waals surface area contributed by atoms with Crippen LogP contribution in [-0.2, 0) is 28.7 Å². The fourth-order valence-corrected chi connectivity index (χ4v) is 0.872. The molecule has 0 aliphatic carbocycles. The molecule has 4 N–H and O–H groups in total. The third-order valence-electron chi connectivity index (χ3n) is 2.57. The van der Waals surface area contributed by atoms with Crippen LogP contribution in [-0.4, -0.2) is 70.7 Å². The van der Waals surface area contributed by atoms with Crippen LogP contribution in [0.25, 0.3) is 0 Å². The summed E-state index contributed by atoms with van der Waals surface area (Å²) in [5, 5.41) is 31.9. The molecule has 0 amide bonds. The van der Waals surface area contributed by atoms with E-state index in [1.54, 1.807) is 0 Å². The van der Waals surface area contributed by atoms with E-state index < -0.39 is 23.9 Å². The molecule has 0 unspecified atom stereocenters. The number of esters is 2. The second-order valence-corrected chi connectivity index (χ2v) is 8.54. The highest BCUT2D eigenvalue weighted by Crippen LogP contribution is 1.96. The Balaban J connectivity index is -0.000000207. The van der Waals surface area contributed by atoms with Crippen LogP contribution in [0.15, 0.2) is 24.3 Å². The molecule has 34 heavy (non-hydrogen) atoms. The lowest BCUT2D eigenvalue weighted by molar-refractivity contribution is -0.141. The molecule has 0 saturated heterocycles. The lowest BCUT2D eigenvalue weighted by atomic mass is 10.2. The summed E-state index contributed by atoms with van der Waals surface area (Å²) in [7, 11) is 0. The number of hydrogen-bond acceptors (Lipinski definition) is 8. The van der Waals surface area contributed by atoms with Gasteiger partial charge in [-0.2, -0.15) is 0 Å². The molecule has 0 aliphatic rings. The van der Waals surface area contributed by atoms with Crippen LogP contribution in [0, 0.1) is 23.7 Å². The van der Waals surface area contributed by atoms with Crippen molar-refractivity contribution in [2.24, 2.45) is 23.7 Å². The predicted octanol–water partition coefficient (Wildman–Crippen LogP) is 2.92. The molecule has 0 bridgehead atoms. The molecule has 0 spiro atoms. The van der Waals surface area contributed by atoms with Gasteiger partial charge in [0, 0.05) is 37.5 Å². The van der Waals surface area contributed by atoms with Crippen molar-refractivity contribution in [3.8, 4) is 0 Å². The highest BCUT2D eigenvalue weighted by atomic mass is 16.5. The number of aliphatic hydroxyl groups excluding tert-OH is 2. The fourth-order valence-electron chi connectivity index (χ4n) is 0.872. The van der Waals surface area contributed by atoms with E-state index in [-0.39, 0.29) is 11.8 Å². The average Bonchev–Trinajstić information content (AvgIpc) is 2.74. The number of carbonyl (C=O) groups is 4. The van der Waals surface area contributed by atoms with Crippen molar-refractivity contribution >= 4 is 23.9 Å². The average molecular weight is 493 g/mol. The molecule has 200 valence electrons. The summed E-state index contributed by atoms with van der Waals surface area (Å²) in [6.07, 6.45) is 3.29. The van der Waals surface area contributed by atoms with Gasteiger partial charge in [0.2, 0.25) is 0 Å². The SMILES string of the molecule is CC(C)CO.CC(C)CO.CC(C)COC(=O)/C=C\C(=O)OCC(C)C.O=C(O)/C=C\C(=O)O. The minimum Gasteiger partial charge on any atom is -0.478 e. The van der Waals surface area contributed by atoms with E-state index in [0.29, 0.717) is 50.4 Å². The molecular formula is C24H44O10. The van der Waals surface area contributed by atoms with E-state index in [9.17, 15) is 19.2 Å². The third-order valence-corrected chi connectivity index (χ3v) is 2.57. The summed E-state index contributed by atoms with van der Waals surface area (Å²) in [6, 6.07) is 0. The fraction of sp³-hybridized carbons (Fsp3) is 0.667. The zero-order valence-electron chi connectivity index (χ0n) is 21.7. The Morgan fingerprint density at radius 3 is 0.941 bits per heavy atom. The van der Waals surface area contributed by atoms with Crippen LogP contribution in [0.2, 0.25) is 0 Å². The zero-order valence-corrected chi connectivity index (χ0v) is 21.7. The van der Waals surface area contributed by atoms with Crippen LogP contribution in [0.5, 0.6) is 0 Å². The minimum absolute atomic E-state index is 0.283. The van der Waals surface area contributed by atoms with E-state index in [1.807, 2.05) is 55.4 Å². The molecule has 0 aliphatic heterocycles. The van der Waals surface area contributed by atoms with E-state index in [4.69, 9.17) is 29.9 Å². The monoisotopic (exact) mass is 492 g/mol. The second-order valence-electron chi connectivity index (χ2n) is 8.54. The molecule has 0 saturated carbocycles. The number of aliphatic hydroxyl groups is 2. The van der Waals surface area contributed by atoms with Crippen LogP contribution < -0.4 is 0 Å². The largest absolute Gasteiger partial charge is 0.478 e. The number of carbonyl (C=O) groups excluding carboxylic acids is 2. The van der Waals surface area contributed by atoms with Gasteiger partial charge >= 0.3 is 23.9 Å². The molecular weight excluding hydrogens is 448 g/mol. The molecule has 0 heterocycles. The summed E-state index contributed by atoms with van der Waals surface area (Å²) in [4.78, 5) is 41.3. The summed E-state index contributed by atoms with van der Waals surface area (Å²) < 4.78 is 9.69. The number of ether oxygens (including phenoxy) is 2. The Kier molecular flexibility index (Phi) is 30.1. The van der Waals surface area contributed by atoms with Crippen molar-refractivity contribution < 1.29 is 49.1 Å². The highest BCUT2D eigenvalue weighted by Gasteiger charge is 2.03. The Bertz CT molecular complexity index is 541. The van der Waals surface area contributed by atoms with E-state index >= 15 is 0 Å². The van der Waals surface area contributed by atoms with Gasteiger partial charge in [0.15, 0.2) is 0 Å². The van der Waals surface area contributed by atoms with Gasteiger partial charge in [-0.05, 0) is 23.7 Å². The number of carboxylic acid groups (broad SMARTS) is 2. The Hall–Kier alpha value is -2.72. The van der Waals surface area contributed by atoms with Crippen molar-refractivity contribution in [1.29, 1.82) is 0 Å². The van der Waals surface area contributed by atoms with Crippen LogP contribution >= 0.6 is 0 Å². The first-order chi connectivity index (χ1) is 15.6. The zero-order chi connectivity index (χ0) is 27.7. The molecule has 10 heteroatoms. The van der Waals surface area contributed by atoms with Gasteiger partial charge in [-0.1, -0.05) is 55.4 Å². The van der Waals surface area contributed by atoms with Crippen LogP contribution in [0.1, 0.15) is 55.4 Å². The van der Waals surface area contributed by atoms with Crippen LogP contribution in [0.4, 0.5) is 0 Å². The van der Waals surface area contributed by atoms with Crippen LogP contribution in [0.3, 0.4) is 0 Å². The Morgan fingerprint density at radius 2 is 0.794 bits per heavy atom. The topological polar surface area (TPSA) is 168 Å². The Labute approximate surface area is 203 Å². The molecule has 0 fully saturated rings. The standard InChI is InChI=1S/C12H20O4.C4H4O4.2C4H10O/c1-9(2)7-15-11(13)5-6-12(14)16-8-10(3)4;5-3(6)1-2-4(7)8;2*1-4(2)3-5/h5-6,9-10H,7-8H2,1-4H3;1-2H,(H,5,6)(H,7,8);2*4-5H,3H2,1-2H3/b6-5-;2-1-;;. The number of aliphatic carboxylic acids is 2. The quantitative estimate of drug-likeness (QED) is 0.263. The first-order valence-electron chi connectivity index (χ1n) is 11.0. The molecule has 0 radical (unpaired) electrons. The molecule has 0 aromatic carbocycles. The summed E-state index contributed by atoms with van der Waals surface area (Å²) in [5.74, 6) is -2.11. The van der Waals surface area contributed by atoms with Crippen molar-refractivity contribution in [2.45, 2.75) is 55.4 Å². The van der Waals surface area contributed by atoms with Gasteiger partial charge in [-0.3, -0.25) is 0 Å². The maximum Gasteiger partial charge on any atom is 0.331 e.